The number of nitrogens with one attached hydrogen (secondary N) is 1. The molecule has 1 heterocycles. The number of ether oxygens (including phenoxy) is 2. The van der Waals surface area contributed by atoms with Crippen LogP contribution in [0.25, 0.3) is 0 Å². The van der Waals surface area contributed by atoms with E-state index in [0.717, 1.165) is 31.6 Å². The molecule has 0 spiro atoms. The molecular formula is C21H34N4O3. The van der Waals surface area contributed by atoms with Crippen LogP contribution in [-0.4, -0.2) is 65.8 Å². The number of methoxy groups -OCH3 is 1. The van der Waals surface area contributed by atoms with Crippen LogP contribution in [0.15, 0.2) is 36.7 Å². The smallest absolute Gasteiger partial charge is 0.161 e. The van der Waals surface area contributed by atoms with Gasteiger partial charge in [-0.05, 0) is 57.6 Å². The van der Waals surface area contributed by atoms with Crippen LogP contribution < -0.4 is 14.8 Å². The molecule has 0 bridgehead atoms. The van der Waals surface area contributed by atoms with Gasteiger partial charge < -0.3 is 24.8 Å². The highest BCUT2D eigenvalue weighted by molar-refractivity contribution is 5.43. The Kier molecular flexibility index (Phi) is 9.27. The third-order valence-corrected chi connectivity index (χ3v) is 4.67. The molecule has 0 radical (unpaired) electrons. The number of benzene rings is 1. The van der Waals surface area contributed by atoms with Crippen LogP contribution in [-0.2, 0) is 13.1 Å². The van der Waals surface area contributed by atoms with Crippen LogP contribution in [0.4, 0.5) is 0 Å². The van der Waals surface area contributed by atoms with Gasteiger partial charge >= 0.3 is 0 Å². The zero-order chi connectivity index (χ0) is 20.4. The Morgan fingerprint density at radius 2 is 2.11 bits per heavy atom. The quantitative estimate of drug-likeness (QED) is 0.511. The maximum absolute atomic E-state index is 10.2. The highest BCUT2D eigenvalue weighted by atomic mass is 16.5. The van der Waals surface area contributed by atoms with E-state index in [1.807, 2.05) is 42.2 Å². The summed E-state index contributed by atoms with van der Waals surface area (Å²) >= 11 is 0. The van der Waals surface area contributed by atoms with Gasteiger partial charge in [0.05, 0.1) is 7.11 Å². The summed E-state index contributed by atoms with van der Waals surface area (Å²) in [7, 11) is 3.62. The van der Waals surface area contributed by atoms with Gasteiger partial charge in [0, 0.05) is 38.1 Å². The fourth-order valence-corrected chi connectivity index (χ4v) is 2.76. The number of aliphatic hydroxyl groups excluding tert-OH is 1. The van der Waals surface area contributed by atoms with Crippen molar-refractivity contribution in [3.05, 3.63) is 42.2 Å². The van der Waals surface area contributed by atoms with E-state index in [2.05, 4.69) is 29.2 Å². The van der Waals surface area contributed by atoms with E-state index in [4.69, 9.17) is 9.47 Å². The predicted octanol–water partition coefficient (Wildman–Crippen LogP) is 2.15. The van der Waals surface area contributed by atoms with Crippen LogP contribution in [0.2, 0.25) is 0 Å². The lowest BCUT2D eigenvalue weighted by molar-refractivity contribution is 0.0668. The molecule has 1 aromatic carbocycles. The average Bonchev–Trinajstić information content (AvgIpc) is 3.19. The first-order valence-corrected chi connectivity index (χ1v) is 9.85. The summed E-state index contributed by atoms with van der Waals surface area (Å²) in [6.45, 7) is 7.55. The van der Waals surface area contributed by atoms with Gasteiger partial charge in [0.1, 0.15) is 12.7 Å². The minimum absolute atomic E-state index is 0.230. The number of hydrogen-bond acceptors (Lipinski definition) is 6. The fourth-order valence-electron chi connectivity index (χ4n) is 2.76. The van der Waals surface area contributed by atoms with Crippen molar-refractivity contribution in [3.63, 3.8) is 0 Å². The molecule has 2 aromatic rings. The Bertz CT molecular complexity index is 676. The summed E-state index contributed by atoms with van der Waals surface area (Å²) in [6, 6.07) is 8.21. The van der Waals surface area contributed by atoms with Gasteiger partial charge in [-0.25, -0.2) is 0 Å². The number of nitrogens with zero attached hydrogens (tertiary/aromatic N) is 3. The first-order valence-electron chi connectivity index (χ1n) is 9.85. The normalized spacial score (nSPS) is 12.5. The van der Waals surface area contributed by atoms with E-state index >= 15 is 0 Å². The van der Waals surface area contributed by atoms with Gasteiger partial charge in [0.2, 0.25) is 0 Å². The molecule has 0 unspecified atom stereocenters. The van der Waals surface area contributed by atoms with E-state index in [9.17, 15) is 5.11 Å². The van der Waals surface area contributed by atoms with Crippen LogP contribution in [0.1, 0.15) is 25.8 Å². The Morgan fingerprint density at radius 1 is 1.29 bits per heavy atom. The van der Waals surface area contributed by atoms with E-state index in [-0.39, 0.29) is 6.61 Å². The molecule has 1 aromatic heterocycles. The van der Waals surface area contributed by atoms with Crippen LogP contribution in [0.5, 0.6) is 11.5 Å². The van der Waals surface area contributed by atoms with Crippen molar-refractivity contribution in [3.8, 4) is 11.5 Å². The van der Waals surface area contributed by atoms with Gasteiger partial charge in [-0.15, -0.1) is 0 Å². The lowest BCUT2D eigenvalue weighted by Crippen LogP contribution is -2.37. The Hall–Kier alpha value is -2.09. The molecule has 0 saturated carbocycles. The van der Waals surface area contributed by atoms with E-state index in [1.54, 1.807) is 13.3 Å². The number of aliphatic hydroxyl groups is 1. The zero-order valence-electron chi connectivity index (χ0n) is 17.5. The summed E-state index contributed by atoms with van der Waals surface area (Å²) in [5.74, 6) is 1.33. The molecule has 28 heavy (non-hydrogen) atoms. The minimum Gasteiger partial charge on any atom is -0.493 e. The molecule has 156 valence electrons. The van der Waals surface area contributed by atoms with Crippen molar-refractivity contribution in [1.82, 2.24) is 20.0 Å². The van der Waals surface area contributed by atoms with Crippen molar-refractivity contribution >= 4 is 0 Å². The van der Waals surface area contributed by atoms with Crippen molar-refractivity contribution in [2.45, 2.75) is 45.5 Å². The van der Waals surface area contributed by atoms with Crippen molar-refractivity contribution < 1.29 is 14.6 Å². The summed E-state index contributed by atoms with van der Waals surface area (Å²) in [6.07, 6.45) is 4.22. The van der Waals surface area contributed by atoms with Gasteiger partial charge in [0.25, 0.3) is 0 Å². The SMILES string of the molecule is COc1ccc(CNCCCn2cccn2)cc1OC[C@@H](O)CN(C)C(C)C. The average molecular weight is 391 g/mol. The van der Waals surface area contributed by atoms with E-state index in [0.29, 0.717) is 24.1 Å². The molecular weight excluding hydrogens is 356 g/mol. The lowest BCUT2D eigenvalue weighted by Gasteiger charge is -2.24. The van der Waals surface area contributed by atoms with Gasteiger partial charge in [-0.2, -0.15) is 5.10 Å². The first-order chi connectivity index (χ1) is 13.5. The predicted molar refractivity (Wildman–Crippen MR) is 111 cm³/mol. The maximum atomic E-state index is 10.2. The zero-order valence-corrected chi connectivity index (χ0v) is 17.5. The number of likely N-dealkylation sites (N-methyl/N-ethyl adjacent to an activating group) is 1. The molecule has 2 N–H and O–H groups in total. The molecule has 2 rings (SSSR count). The molecule has 7 nitrogen and oxygen atoms in total. The van der Waals surface area contributed by atoms with Gasteiger partial charge in [0.15, 0.2) is 11.5 Å². The molecule has 7 heteroatoms. The molecule has 0 aliphatic carbocycles. The third-order valence-electron chi connectivity index (χ3n) is 4.67. The summed E-state index contributed by atoms with van der Waals surface area (Å²) in [5, 5.41) is 17.9. The van der Waals surface area contributed by atoms with E-state index in [1.165, 1.54) is 0 Å². The Balaban J connectivity index is 1.79. The van der Waals surface area contributed by atoms with Crippen LogP contribution in [0, 0.1) is 0 Å². The molecule has 1 atom stereocenters. The Labute approximate surface area is 168 Å². The fraction of sp³-hybridized carbons (Fsp3) is 0.571. The monoisotopic (exact) mass is 390 g/mol. The summed E-state index contributed by atoms with van der Waals surface area (Å²) in [5.41, 5.74) is 1.11. The molecule has 0 aliphatic rings. The highest BCUT2D eigenvalue weighted by Gasteiger charge is 2.13. The maximum Gasteiger partial charge on any atom is 0.161 e. The standard InChI is InChI=1S/C21H34N4O3/c1-17(2)24(3)15-19(26)16-28-21-13-18(7-8-20(21)27-4)14-22-9-5-11-25-12-6-10-23-25/h6-8,10,12-13,17,19,22,26H,5,9,11,14-16H2,1-4H3/t19-/m0/s1. The summed E-state index contributed by atoms with van der Waals surface area (Å²) < 4.78 is 13.2. The molecule has 0 fully saturated rings. The molecule has 0 amide bonds. The number of aromatic nitrogens is 2. The minimum atomic E-state index is -0.554. The second-order valence-corrected chi connectivity index (χ2v) is 7.28. The topological polar surface area (TPSA) is 71.8 Å². The van der Waals surface area contributed by atoms with Crippen LogP contribution >= 0.6 is 0 Å². The first kappa shape index (κ1) is 22.2. The largest absolute Gasteiger partial charge is 0.493 e. The number of hydrogen-bond donors (Lipinski definition) is 2. The molecule has 0 saturated heterocycles. The lowest BCUT2D eigenvalue weighted by atomic mass is 10.2. The van der Waals surface area contributed by atoms with Gasteiger partial charge in [-0.3, -0.25) is 4.68 Å². The highest BCUT2D eigenvalue weighted by Crippen LogP contribution is 2.28. The van der Waals surface area contributed by atoms with Gasteiger partial charge in [-0.1, -0.05) is 6.07 Å². The Morgan fingerprint density at radius 3 is 2.79 bits per heavy atom. The van der Waals surface area contributed by atoms with Crippen molar-refractivity contribution in [2.24, 2.45) is 0 Å². The second kappa shape index (κ2) is 11.7. The number of rotatable bonds is 13. The van der Waals surface area contributed by atoms with E-state index < -0.39 is 6.10 Å². The number of aryl methyl sites for hydroxylation is 1. The van der Waals surface area contributed by atoms with Crippen molar-refractivity contribution in [2.75, 3.05) is 33.9 Å². The molecule has 0 aliphatic heterocycles. The van der Waals surface area contributed by atoms with Crippen LogP contribution in [0.3, 0.4) is 0 Å². The second-order valence-electron chi connectivity index (χ2n) is 7.28. The third kappa shape index (κ3) is 7.50. The van der Waals surface area contributed by atoms with Crippen molar-refractivity contribution in [1.29, 1.82) is 0 Å². The summed E-state index contributed by atoms with van der Waals surface area (Å²) in [4.78, 5) is 2.09.